The molecule has 1 aromatic rings. The third-order valence-electron chi connectivity index (χ3n) is 3.10. The summed E-state index contributed by atoms with van der Waals surface area (Å²) in [6.07, 6.45) is 0.493. The van der Waals surface area contributed by atoms with E-state index in [0.29, 0.717) is 13.1 Å². The molecule has 4 nitrogen and oxygen atoms in total. The minimum Gasteiger partial charge on any atom is -0.493 e. The van der Waals surface area contributed by atoms with Crippen LogP contribution >= 0.6 is 0 Å². The lowest BCUT2D eigenvalue weighted by Crippen LogP contribution is -2.21. The maximum Gasteiger partial charge on any atom is 0.387 e. The standard InChI is InChI=1S/C13H17F2NO3/c1-18-12-6-9(2-3-11(12)19-13(14)15)7-16-5-4-10(17)8-16/h2-3,6,10,13,17H,4-5,7-8H2,1H3. The van der Waals surface area contributed by atoms with Gasteiger partial charge in [-0.25, -0.2) is 0 Å². The fourth-order valence-electron chi connectivity index (χ4n) is 2.22. The van der Waals surface area contributed by atoms with Crippen LogP contribution in [0.1, 0.15) is 12.0 Å². The normalized spacial score (nSPS) is 19.9. The third kappa shape index (κ3) is 3.78. The summed E-state index contributed by atoms with van der Waals surface area (Å²) in [5, 5.41) is 9.45. The highest BCUT2D eigenvalue weighted by Gasteiger charge is 2.20. The smallest absolute Gasteiger partial charge is 0.387 e. The average molecular weight is 273 g/mol. The first kappa shape index (κ1) is 14.0. The molecule has 1 fully saturated rings. The molecule has 0 saturated carbocycles. The van der Waals surface area contributed by atoms with Crippen molar-refractivity contribution in [1.29, 1.82) is 0 Å². The van der Waals surface area contributed by atoms with Crippen LogP contribution in [-0.4, -0.2) is 42.9 Å². The lowest BCUT2D eigenvalue weighted by Gasteiger charge is -2.16. The van der Waals surface area contributed by atoms with Gasteiger partial charge in [-0.05, 0) is 24.1 Å². The molecule has 1 aromatic carbocycles. The second kappa shape index (κ2) is 6.16. The van der Waals surface area contributed by atoms with E-state index in [0.717, 1.165) is 18.5 Å². The van der Waals surface area contributed by atoms with Gasteiger partial charge < -0.3 is 14.6 Å². The van der Waals surface area contributed by atoms with Crippen LogP contribution in [0.25, 0.3) is 0 Å². The Morgan fingerprint density at radius 3 is 2.79 bits per heavy atom. The number of alkyl halides is 2. The minimum absolute atomic E-state index is 0.0303. The van der Waals surface area contributed by atoms with E-state index >= 15 is 0 Å². The lowest BCUT2D eigenvalue weighted by molar-refractivity contribution is -0.0512. The SMILES string of the molecule is COc1cc(CN2CCC(O)C2)ccc1OC(F)F. The first-order valence-corrected chi connectivity index (χ1v) is 6.10. The van der Waals surface area contributed by atoms with E-state index in [-0.39, 0.29) is 17.6 Å². The van der Waals surface area contributed by atoms with Crippen molar-refractivity contribution in [2.24, 2.45) is 0 Å². The van der Waals surface area contributed by atoms with Crippen molar-refractivity contribution in [3.63, 3.8) is 0 Å². The zero-order valence-electron chi connectivity index (χ0n) is 10.7. The molecule has 0 amide bonds. The highest BCUT2D eigenvalue weighted by atomic mass is 19.3. The highest BCUT2D eigenvalue weighted by Crippen LogP contribution is 2.30. The number of nitrogens with zero attached hydrogens (tertiary/aromatic N) is 1. The van der Waals surface area contributed by atoms with Gasteiger partial charge in [0.25, 0.3) is 0 Å². The zero-order chi connectivity index (χ0) is 13.8. The Balaban J connectivity index is 2.06. The molecule has 1 unspecified atom stereocenters. The van der Waals surface area contributed by atoms with Gasteiger partial charge in [0.15, 0.2) is 11.5 Å². The number of β-amino-alcohol motifs (C(OH)–C–C–N with tert-alkyl or cyclic N) is 1. The predicted octanol–water partition coefficient (Wildman–Crippen LogP) is 1.86. The Kier molecular flexibility index (Phi) is 4.55. The molecule has 19 heavy (non-hydrogen) atoms. The van der Waals surface area contributed by atoms with E-state index in [4.69, 9.17) is 4.74 Å². The third-order valence-corrected chi connectivity index (χ3v) is 3.10. The molecule has 0 spiro atoms. The molecule has 1 saturated heterocycles. The van der Waals surface area contributed by atoms with E-state index in [9.17, 15) is 13.9 Å². The van der Waals surface area contributed by atoms with Gasteiger partial charge in [0.05, 0.1) is 13.2 Å². The number of aliphatic hydroxyl groups is 1. The fraction of sp³-hybridized carbons (Fsp3) is 0.538. The van der Waals surface area contributed by atoms with Gasteiger partial charge in [-0.15, -0.1) is 0 Å². The largest absolute Gasteiger partial charge is 0.493 e. The number of halogens is 2. The molecule has 0 radical (unpaired) electrons. The summed E-state index contributed by atoms with van der Waals surface area (Å²) in [5.41, 5.74) is 0.938. The molecule has 1 atom stereocenters. The minimum atomic E-state index is -2.87. The highest BCUT2D eigenvalue weighted by molar-refractivity contribution is 5.43. The summed E-state index contributed by atoms with van der Waals surface area (Å²) in [4.78, 5) is 2.10. The van der Waals surface area contributed by atoms with Crippen molar-refractivity contribution in [1.82, 2.24) is 4.90 Å². The van der Waals surface area contributed by atoms with E-state index in [1.165, 1.54) is 13.2 Å². The first-order chi connectivity index (χ1) is 9.08. The van der Waals surface area contributed by atoms with Gasteiger partial charge in [-0.2, -0.15) is 8.78 Å². The van der Waals surface area contributed by atoms with Crippen LogP contribution in [0.4, 0.5) is 8.78 Å². The Bertz CT molecular complexity index is 428. The number of likely N-dealkylation sites (tertiary alicyclic amines) is 1. The van der Waals surface area contributed by atoms with Gasteiger partial charge in [-0.3, -0.25) is 4.90 Å². The molecule has 106 valence electrons. The summed E-state index contributed by atoms with van der Waals surface area (Å²) in [5.74, 6) is 0.320. The van der Waals surface area contributed by atoms with Crippen molar-refractivity contribution in [2.45, 2.75) is 25.7 Å². The van der Waals surface area contributed by atoms with Crippen LogP contribution in [0.15, 0.2) is 18.2 Å². The van der Waals surface area contributed by atoms with Gasteiger partial charge in [-0.1, -0.05) is 6.07 Å². The first-order valence-electron chi connectivity index (χ1n) is 6.10. The van der Waals surface area contributed by atoms with Gasteiger partial charge in [0.1, 0.15) is 0 Å². The predicted molar refractivity (Wildman–Crippen MR) is 65.5 cm³/mol. The average Bonchev–Trinajstić information content (AvgIpc) is 2.76. The van der Waals surface area contributed by atoms with Crippen molar-refractivity contribution >= 4 is 0 Å². The second-order valence-electron chi connectivity index (χ2n) is 4.54. The van der Waals surface area contributed by atoms with Crippen LogP contribution in [0.3, 0.4) is 0 Å². The molecular weight excluding hydrogens is 256 g/mol. The van der Waals surface area contributed by atoms with Crippen molar-refractivity contribution < 1.29 is 23.4 Å². The van der Waals surface area contributed by atoms with Crippen LogP contribution in [-0.2, 0) is 6.54 Å². The van der Waals surface area contributed by atoms with E-state index < -0.39 is 6.61 Å². The number of ether oxygens (including phenoxy) is 2. The second-order valence-corrected chi connectivity index (χ2v) is 4.54. The molecule has 1 N–H and O–H groups in total. The maximum atomic E-state index is 12.2. The molecule has 1 aliphatic heterocycles. The number of benzene rings is 1. The summed E-state index contributed by atoms with van der Waals surface area (Å²) < 4.78 is 33.8. The quantitative estimate of drug-likeness (QED) is 0.889. The van der Waals surface area contributed by atoms with Crippen molar-refractivity contribution in [2.75, 3.05) is 20.2 Å². The maximum absolute atomic E-state index is 12.2. The monoisotopic (exact) mass is 273 g/mol. The van der Waals surface area contributed by atoms with Gasteiger partial charge in [0, 0.05) is 19.6 Å². The van der Waals surface area contributed by atoms with Crippen LogP contribution in [0.2, 0.25) is 0 Å². The Morgan fingerprint density at radius 1 is 1.42 bits per heavy atom. The molecule has 0 aliphatic carbocycles. The Hall–Kier alpha value is -1.40. The summed E-state index contributed by atoms with van der Waals surface area (Å²) in [6.45, 7) is -0.743. The van der Waals surface area contributed by atoms with Crippen LogP contribution in [0, 0.1) is 0 Å². The Morgan fingerprint density at radius 2 is 2.21 bits per heavy atom. The number of hydrogen-bond donors (Lipinski definition) is 1. The lowest BCUT2D eigenvalue weighted by atomic mass is 10.2. The number of methoxy groups -OCH3 is 1. The van der Waals surface area contributed by atoms with Crippen molar-refractivity contribution in [3.8, 4) is 11.5 Å². The van der Waals surface area contributed by atoms with Crippen LogP contribution in [0.5, 0.6) is 11.5 Å². The van der Waals surface area contributed by atoms with E-state index in [2.05, 4.69) is 9.64 Å². The van der Waals surface area contributed by atoms with E-state index in [1.54, 1.807) is 12.1 Å². The number of aliphatic hydroxyl groups excluding tert-OH is 1. The fourth-order valence-corrected chi connectivity index (χ4v) is 2.22. The van der Waals surface area contributed by atoms with E-state index in [1.807, 2.05) is 0 Å². The number of hydrogen-bond acceptors (Lipinski definition) is 4. The van der Waals surface area contributed by atoms with Gasteiger partial charge >= 0.3 is 6.61 Å². The zero-order valence-corrected chi connectivity index (χ0v) is 10.7. The summed E-state index contributed by atoms with van der Waals surface area (Å²) in [7, 11) is 1.41. The molecule has 0 aromatic heterocycles. The molecule has 2 rings (SSSR count). The van der Waals surface area contributed by atoms with Crippen molar-refractivity contribution in [3.05, 3.63) is 23.8 Å². The Labute approximate surface area is 110 Å². The van der Waals surface area contributed by atoms with Crippen LogP contribution < -0.4 is 9.47 Å². The molecule has 0 bridgehead atoms. The topological polar surface area (TPSA) is 41.9 Å². The molecule has 6 heteroatoms. The number of rotatable bonds is 5. The molecule has 1 heterocycles. The molecular formula is C13H17F2NO3. The summed E-state index contributed by atoms with van der Waals surface area (Å²) in [6, 6.07) is 4.89. The summed E-state index contributed by atoms with van der Waals surface area (Å²) >= 11 is 0. The van der Waals surface area contributed by atoms with Gasteiger partial charge in [0.2, 0.25) is 0 Å². The molecule has 1 aliphatic rings.